The standard InChI is InChI=1S/C27H25ClN4O2/c1-34-23-4-2-3-22(18-23)31-13-15-32(16-14-31)27(33)19-5-8-21(9-6-19)30-25-11-12-29-26-17-20(28)7-10-24(25)26/h2-12,17-18H,13-16H2,1H3,(H,29,30). The van der Waals surface area contributed by atoms with E-state index in [-0.39, 0.29) is 5.91 Å². The Labute approximate surface area is 203 Å². The molecular weight excluding hydrogens is 448 g/mol. The Kier molecular flexibility index (Phi) is 6.23. The van der Waals surface area contributed by atoms with Crippen LogP contribution in [0.1, 0.15) is 10.4 Å². The highest BCUT2D eigenvalue weighted by molar-refractivity contribution is 6.31. The number of pyridine rings is 1. The van der Waals surface area contributed by atoms with Gasteiger partial charge in [-0.25, -0.2) is 0 Å². The zero-order valence-electron chi connectivity index (χ0n) is 18.9. The molecule has 1 fully saturated rings. The number of carbonyl (C=O) groups is 1. The minimum Gasteiger partial charge on any atom is -0.497 e. The maximum Gasteiger partial charge on any atom is 0.253 e. The summed E-state index contributed by atoms with van der Waals surface area (Å²) in [4.78, 5) is 21.6. The summed E-state index contributed by atoms with van der Waals surface area (Å²) in [6, 6.07) is 23.2. The molecule has 1 aromatic heterocycles. The molecule has 0 spiro atoms. The van der Waals surface area contributed by atoms with Gasteiger partial charge in [0.2, 0.25) is 0 Å². The first kappa shape index (κ1) is 22.0. The Hall–Kier alpha value is -3.77. The fourth-order valence-electron chi connectivity index (χ4n) is 4.24. The second kappa shape index (κ2) is 9.61. The number of aromatic nitrogens is 1. The van der Waals surface area contributed by atoms with Crippen LogP contribution in [0.25, 0.3) is 10.9 Å². The summed E-state index contributed by atoms with van der Waals surface area (Å²) in [5.41, 5.74) is 4.48. The van der Waals surface area contributed by atoms with Gasteiger partial charge < -0.3 is 19.9 Å². The molecule has 0 radical (unpaired) electrons. The van der Waals surface area contributed by atoms with E-state index in [9.17, 15) is 4.79 Å². The molecule has 5 rings (SSSR count). The fraction of sp³-hybridized carbons (Fsp3) is 0.185. The Balaban J connectivity index is 1.23. The van der Waals surface area contributed by atoms with Crippen LogP contribution in [0.3, 0.4) is 0 Å². The Morgan fingerprint density at radius 1 is 0.971 bits per heavy atom. The predicted molar refractivity (Wildman–Crippen MR) is 138 cm³/mol. The molecule has 1 N–H and O–H groups in total. The second-order valence-electron chi connectivity index (χ2n) is 8.20. The molecule has 4 aromatic rings. The summed E-state index contributed by atoms with van der Waals surface area (Å²) in [7, 11) is 1.67. The largest absolute Gasteiger partial charge is 0.497 e. The molecule has 0 aliphatic carbocycles. The molecule has 0 bridgehead atoms. The average Bonchev–Trinajstić information content (AvgIpc) is 2.89. The average molecular weight is 473 g/mol. The van der Waals surface area contributed by atoms with E-state index < -0.39 is 0 Å². The van der Waals surface area contributed by atoms with Gasteiger partial charge in [-0.15, -0.1) is 0 Å². The van der Waals surface area contributed by atoms with Gasteiger partial charge in [0, 0.05) is 71.5 Å². The minimum atomic E-state index is 0.0563. The predicted octanol–water partition coefficient (Wildman–Crippen LogP) is 5.60. The monoisotopic (exact) mass is 472 g/mol. The van der Waals surface area contributed by atoms with Crippen LogP contribution in [0.15, 0.2) is 79.0 Å². The van der Waals surface area contributed by atoms with Crippen molar-refractivity contribution < 1.29 is 9.53 Å². The number of halogens is 1. The van der Waals surface area contributed by atoms with E-state index in [1.165, 1.54) is 0 Å². The minimum absolute atomic E-state index is 0.0563. The highest BCUT2D eigenvalue weighted by atomic mass is 35.5. The highest BCUT2D eigenvalue weighted by Crippen LogP contribution is 2.27. The number of fused-ring (bicyclic) bond motifs is 1. The first-order valence-electron chi connectivity index (χ1n) is 11.2. The zero-order chi connectivity index (χ0) is 23.5. The van der Waals surface area contributed by atoms with Crippen LogP contribution in [0.5, 0.6) is 5.75 Å². The topological polar surface area (TPSA) is 57.7 Å². The molecule has 6 nitrogen and oxygen atoms in total. The number of ether oxygens (including phenoxy) is 1. The van der Waals surface area contributed by atoms with Gasteiger partial charge in [-0.1, -0.05) is 17.7 Å². The van der Waals surface area contributed by atoms with Gasteiger partial charge >= 0.3 is 0 Å². The van der Waals surface area contributed by atoms with Crippen molar-refractivity contribution in [3.63, 3.8) is 0 Å². The summed E-state index contributed by atoms with van der Waals surface area (Å²) >= 11 is 6.09. The van der Waals surface area contributed by atoms with Crippen LogP contribution in [0.4, 0.5) is 17.1 Å². The second-order valence-corrected chi connectivity index (χ2v) is 8.64. The quantitative estimate of drug-likeness (QED) is 0.409. The molecule has 172 valence electrons. The third-order valence-electron chi connectivity index (χ3n) is 6.10. The SMILES string of the molecule is COc1cccc(N2CCN(C(=O)c3ccc(Nc4ccnc5cc(Cl)ccc45)cc3)CC2)c1. The molecule has 1 amide bonds. The summed E-state index contributed by atoms with van der Waals surface area (Å²) in [6.45, 7) is 2.94. The van der Waals surface area contributed by atoms with Crippen molar-refractivity contribution in [2.75, 3.05) is 43.5 Å². The molecular formula is C27H25ClN4O2. The molecule has 1 aliphatic heterocycles. The van der Waals surface area contributed by atoms with Crippen molar-refractivity contribution in [2.45, 2.75) is 0 Å². The number of nitrogens with zero attached hydrogens (tertiary/aromatic N) is 3. The molecule has 1 aliphatic rings. The van der Waals surface area contributed by atoms with E-state index in [1.54, 1.807) is 13.3 Å². The third kappa shape index (κ3) is 4.63. The number of methoxy groups -OCH3 is 1. The molecule has 7 heteroatoms. The Morgan fingerprint density at radius 3 is 2.53 bits per heavy atom. The molecule has 3 aromatic carbocycles. The van der Waals surface area contributed by atoms with E-state index in [1.807, 2.05) is 71.6 Å². The maximum absolute atomic E-state index is 13.1. The van der Waals surface area contributed by atoms with E-state index >= 15 is 0 Å². The summed E-state index contributed by atoms with van der Waals surface area (Å²) in [6.07, 6.45) is 1.75. The van der Waals surface area contributed by atoms with Crippen LogP contribution in [0.2, 0.25) is 5.02 Å². The number of hydrogen-bond acceptors (Lipinski definition) is 5. The van der Waals surface area contributed by atoms with Crippen LogP contribution in [-0.2, 0) is 0 Å². The highest BCUT2D eigenvalue weighted by Gasteiger charge is 2.22. The van der Waals surface area contributed by atoms with Crippen molar-refractivity contribution in [3.8, 4) is 5.75 Å². The number of nitrogens with one attached hydrogen (secondary N) is 1. The molecule has 0 unspecified atom stereocenters. The zero-order valence-corrected chi connectivity index (χ0v) is 19.6. The summed E-state index contributed by atoms with van der Waals surface area (Å²) in [5.74, 6) is 0.897. The van der Waals surface area contributed by atoms with Crippen LogP contribution in [0, 0.1) is 0 Å². The molecule has 1 saturated heterocycles. The Bertz CT molecular complexity index is 1320. The van der Waals surface area contributed by atoms with E-state index in [0.29, 0.717) is 23.7 Å². The Morgan fingerprint density at radius 2 is 1.76 bits per heavy atom. The lowest BCUT2D eigenvalue weighted by Crippen LogP contribution is -2.48. The normalized spacial score (nSPS) is 13.7. The lowest BCUT2D eigenvalue weighted by molar-refractivity contribution is 0.0747. The number of amides is 1. The summed E-state index contributed by atoms with van der Waals surface area (Å²) < 4.78 is 5.33. The molecule has 34 heavy (non-hydrogen) atoms. The molecule has 2 heterocycles. The van der Waals surface area contributed by atoms with Gasteiger partial charge in [-0.2, -0.15) is 0 Å². The number of carbonyl (C=O) groups excluding carboxylic acids is 1. The number of hydrogen-bond donors (Lipinski definition) is 1. The number of anilines is 3. The van der Waals surface area contributed by atoms with Crippen molar-refractivity contribution in [1.82, 2.24) is 9.88 Å². The third-order valence-corrected chi connectivity index (χ3v) is 6.34. The van der Waals surface area contributed by atoms with Crippen molar-refractivity contribution >= 4 is 45.5 Å². The van der Waals surface area contributed by atoms with Gasteiger partial charge in [-0.05, 0) is 60.7 Å². The van der Waals surface area contributed by atoms with Crippen LogP contribution < -0.4 is 15.0 Å². The first-order chi connectivity index (χ1) is 16.6. The number of rotatable bonds is 5. The van der Waals surface area contributed by atoms with Crippen LogP contribution >= 0.6 is 11.6 Å². The summed E-state index contributed by atoms with van der Waals surface area (Å²) in [5, 5.41) is 5.06. The lowest BCUT2D eigenvalue weighted by Gasteiger charge is -2.36. The van der Waals surface area contributed by atoms with Gasteiger partial charge in [-0.3, -0.25) is 9.78 Å². The van der Waals surface area contributed by atoms with Crippen molar-refractivity contribution in [2.24, 2.45) is 0 Å². The van der Waals surface area contributed by atoms with E-state index in [0.717, 1.165) is 46.8 Å². The lowest BCUT2D eigenvalue weighted by atomic mass is 10.1. The maximum atomic E-state index is 13.1. The van der Waals surface area contributed by atoms with Gasteiger partial charge in [0.05, 0.1) is 12.6 Å². The fourth-order valence-corrected chi connectivity index (χ4v) is 4.41. The molecule has 0 atom stereocenters. The van der Waals surface area contributed by atoms with Crippen LogP contribution in [-0.4, -0.2) is 49.1 Å². The number of benzene rings is 3. The van der Waals surface area contributed by atoms with E-state index in [2.05, 4.69) is 21.3 Å². The first-order valence-corrected chi connectivity index (χ1v) is 11.6. The van der Waals surface area contributed by atoms with E-state index in [4.69, 9.17) is 16.3 Å². The van der Waals surface area contributed by atoms with Gasteiger partial charge in [0.1, 0.15) is 5.75 Å². The molecule has 0 saturated carbocycles. The number of piperazine rings is 1. The van der Waals surface area contributed by atoms with Crippen molar-refractivity contribution in [1.29, 1.82) is 0 Å². The smallest absolute Gasteiger partial charge is 0.253 e. The van der Waals surface area contributed by atoms with Crippen molar-refractivity contribution in [3.05, 3.63) is 89.6 Å². The van der Waals surface area contributed by atoms with Gasteiger partial charge in [0.25, 0.3) is 5.91 Å². The van der Waals surface area contributed by atoms with Gasteiger partial charge in [0.15, 0.2) is 0 Å².